The van der Waals surface area contributed by atoms with Crippen LogP contribution in [-0.2, 0) is 6.54 Å². The number of anilines is 1. The van der Waals surface area contributed by atoms with E-state index in [1.165, 1.54) is 11.3 Å². The van der Waals surface area contributed by atoms with E-state index in [1.54, 1.807) is 17.2 Å². The highest BCUT2D eigenvalue weighted by Crippen LogP contribution is 2.35. The topological polar surface area (TPSA) is 69.5 Å². The molecule has 0 saturated carbocycles. The number of thiazole rings is 1. The number of rotatable bonds is 11. The number of para-hydroxylation sites is 1. The standard InChI is InChI=1S/C25H28N4O3S/c1-3-5-17-32-20-10-6-9-19(18-20)24(30)29(16-15-28-14-8-13-26-28)25-27-23-21(31-4-2)11-7-12-22(23)33-25/h6-14,18H,3-5,15-17H2,1-2H3. The Balaban J connectivity index is 1.65. The zero-order chi connectivity index (χ0) is 23.0. The SMILES string of the molecule is CCCCOc1cccc(C(=O)N(CCn2cccn2)c2nc3c(OCC)cccc3s2)c1. The maximum atomic E-state index is 13.7. The van der Waals surface area contributed by atoms with Crippen LogP contribution >= 0.6 is 11.3 Å². The van der Waals surface area contributed by atoms with E-state index in [0.29, 0.717) is 42.7 Å². The highest BCUT2D eigenvalue weighted by Gasteiger charge is 2.23. The van der Waals surface area contributed by atoms with Gasteiger partial charge in [-0.05, 0) is 49.7 Å². The van der Waals surface area contributed by atoms with Crippen LogP contribution in [0.1, 0.15) is 37.0 Å². The monoisotopic (exact) mass is 464 g/mol. The first-order chi connectivity index (χ1) is 16.2. The van der Waals surface area contributed by atoms with Gasteiger partial charge < -0.3 is 9.47 Å². The molecule has 2 heterocycles. The number of hydrogen-bond donors (Lipinski definition) is 0. The summed E-state index contributed by atoms with van der Waals surface area (Å²) in [6.07, 6.45) is 5.65. The predicted molar refractivity (Wildman–Crippen MR) is 132 cm³/mol. The largest absolute Gasteiger partial charge is 0.494 e. The lowest BCUT2D eigenvalue weighted by Crippen LogP contribution is -2.34. The van der Waals surface area contributed by atoms with Crippen molar-refractivity contribution in [3.05, 3.63) is 66.5 Å². The Kier molecular flexibility index (Phi) is 7.57. The molecule has 7 nitrogen and oxygen atoms in total. The predicted octanol–water partition coefficient (Wildman–Crippen LogP) is 5.42. The lowest BCUT2D eigenvalue weighted by molar-refractivity contribution is 0.0985. The summed E-state index contributed by atoms with van der Waals surface area (Å²) in [6.45, 7) is 6.25. The van der Waals surface area contributed by atoms with Crippen molar-refractivity contribution in [1.29, 1.82) is 0 Å². The van der Waals surface area contributed by atoms with Gasteiger partial charge in [0.1, 0.15) is 17.0 Å². The van der Waals surface area contributed by atoms with Crippen molar-refractivity contribution in [3.63, 3.8) is 0 Å². The lowest BCUT2D eigenvalue weighted by atomic mass is 10.2. The highest BCUT2D eigenvalue weighted by atomic mass is 32.1. The van der Waals surface area contributed by atoms with Crippen LogP contribution in [0, 0.1) is 0 Å². The summed E-state index contributed by atoms with van der Waals surface area (Å²) >= 11 is 1.48. The summed E-state index contributed by atoms with van der Waals surface area (Å²) in [5.41, 5.74) is 1.33. The van der Waals surface area contributed by atoms with Gasteiger partial charge >= 0.3 is 0 Å². The minimum absolute atomic E-state index is 0.125. The van der Waals surface area contributed by atoms with Gasteiger partial charge in [-0.1, -0.05) is 36.8 Å². The number of ether oxygens (including phenoxy) is 2. The summed E-state index contributed by atoms with van der Waals surface area (Å²) < 4.78 is 14.4. The number of aromatic nitrogens is 3. The van der Waals surface area contributed by atoms with Crippen LogP contribution in [0.3, 0.4) is 0 Å². The van der Waals surface area contributed by atoms with Crippen molar-refractivity contribution >= 4 is 32.6 Å². The second-order valence-corrected chi connectivity index (χ2v) is 8.50. The van der Waals surface area contributed by atoms with E-state index >= 15 is 0 Å². The first-order valence-electron chi connectivity index (χ1n) is 11.2. The first kappa shape index (κ1) is 22.8. The third-order valence-electron chi connectivity index (χ3n) is 5.11. The van der Waals surface area contributed by atoms with E-state index < -0.39 is 0 Å². The molecule has 0 saturated heterocycles. The molecule has 2 aromatic heterocycles. The molecule has 0 N–H and O–H groups in total. The fraction of sp³-hybridized carbons (Fsp3) is 0.320. The van der Waals surface area contributed by atoms with Crippen LogP contribution in [0.15, 0.2) is 60.9 Å². The third kappa shape index (κ3) is 5.51. The molecule has 0 bridgehead atoms. The van der Waals surface area contributed by atoms with Gasteiger partial charge in [0, 0.05) is 24.5 Å². The van der Waals surface area contributed by atoms with Crippen molar-refractivity contribution in [3.8, 4) is 11.5 Å². The summed E-state index contributed by atoms with van der Waals surface area (Å²) in [6, 6.07) is 15.1. The van der Waals surface area contributed by atoms with Gasteiger partial charge in [-0.25, -0.2) is 4.98 Å². The minimum atomic E-state index is -0.125. The van der Waals surface area contributed by atoms with E-state index in [2.05, 4.69) is 12.0 Å². The van der Waals surface area contributed by atoms with Crippen molar-refractivity contribution < 1.29 is 14.3 Å². The number of benzene rings is 2. The molecule has 0 fully saturated rings. The molecule has 4 aromatic rings. The Morgan fingerprint density at radius 1 is 1.12 bits per heavy atom. The van der Waals surface area contributed by atoms with Gasteiger partial charge in [-0.15, -0.1) is 0 Å². The second kappa shape index (κ2) is 11.0. The Hall–Kier alpha value is -3.39. The molecule has 0 spiro atoms. The van der Waals surface area contributed by atoms with E-state index in [9.17, 15) is 4.79 Å². The fourth-order valence-corrected chi connectivity index (χ4v) is 4.43. The van der Waals surface area contributed by atoms with E-state index in [4.69, 9.17) is 14.5 Å². The molecular formula is C25H28N4O3S. The van der Waals surface area contributed by atoms with Crippen molar-refractivity contribution in [2.75, 3.05) is 24.7 Å². The number of unbranched alkanes of at least 4 members (excludes halogenated alkanes) is 1. The van der Waals surface area contributed by atoms with Crippen molar-refractivity contribution in [2.24, 2.45) is 0 Å². The zero-order valence-corrected chi connectivity index (χ0v) is 19.8. The van der Waals surface area contributed by atoms with Gasteiger partial charge in [0.2, 0.25) is 0 Å². The van der Waals surface area contributed by atoms with Crippen LogP contribution in [0.25, 0.3) is 10.2 Å². The number of fused-ring (bicyclic) bond motifs is 1. The minimum Gasteiger partial charge on any atom is -0.494 e. The molecule has 4 rings (SSSR count). The van der Waals surface area contributed by atoms with Gasteiger partial charge in [0.25, 0.3) is 5.91 Å². The van der Waals surface area contributed by atoms with E-state index in [1.807, 2.05) is 60.3 Å². The number of hydrogen-bond acceptors (Lipinski definition) is 6. The zero-order valence-electron chi connectivity index (χ0n) is 18.9. The molecule has 0 unspecified atom stereocenters. The van der Waals surface area contributed by atoms with Crippen LogP contribution in [-0.4, -0.2) is 40.4 Å². The van der Waals surface area contributed by atoms with Crippen LogP contribution in [0.4, 0.5) is 5.13 Å². The maximum absolute atomic E-state index is 13.7. The molecule has 0 radical (unpaired) electrons. The molecule has 0 aliphatic carbocycles. The Morgan fingerprint density at radius 3 is 2.79 bits per heavy atom. The van der Waals surface area contributed by atoms with Crippen molar-refractivity contribution in [2.45, 2.75) is 33.2 Å². The molecular weight excluding hydrogens is 436 g/mol. The van der Waals surface area contributed by atoms with Gasteiger partial charge in [-0.2, -0.15) is 5.10 Å². The summed E-state index contributed by atoms with van der Waals surface area (Å²) in [5.74, 6) is 1.30. The van der Waals surface area contributed by atoms with E-state index in [0.717, 1.165) is 28.8 Å². The van der Waals surface area contributed by atoms with Crippen LogP contribution < -0.4 is 14.4 Å². The number of amides is 1. The normalized spacial score (nSPS) is 11.0. The summed E-state index contributed by atoms with van der Waals surface area (Å²) in [7, 11) is 0. The molecule has 0 aliphatic heterocycles. The highest BCUT2D eigenvalue weighted by molar-refractivity contribution is 7.22. The molecule has 1 amide bonds. The maximum Gasteiger partial charge on any atom is 0.260 e. The quantitative estimate of drug-likeness (QED) is 0.277. The molecule has 8 heteroatoms. The number of carbonyl (C=O) groups excluding carboxylic acids is 1. The lowest BCUT2D eigenvalue weighted by Gasteiger charge is -2.20. The fourth-order valence-electron chi connectivity index (χ4n) is 3.43. The van der Waals surface area contributed by atoms with E-state index in [-0.39, 0.29) is 5.91 Å². The Morgan fingerprint density at radius 2 is 2.00 bits per heavy atom. The van der Waals surface area contributed by atoms with Crippen molar-refractivity contribution in [1.82, 2.24) is 14.8 Å². The Labute approximate surface area is 197 Å². The van der Waals surface area contributed by atoms with Crippen LogP contribution in [0.2, 0.25) is 0 Å². The second-order valence-electron chi connectivity index (χ2n) is 7.49. The average Bonchev–Trinajstić information content (AvgIpc) is 3.50. The third-order valence-corrected chi connectivity index (χ3v) is 6.15. The Bertz CT molecular complexity index is 1190. The number of carbonyl (C=O) groups is 1. The van der Waals surface area contributed by atoms with Gasteiger partial charge in [0.05, 0.1) is 24.5 Å². The average molecular weight is 465 g/mol. The van der Waals surface area contributed by atoms with Crippen LogP contribution in [0.5, 0.6) is 11.5 Å². The molecule has 0 atom stereocenters. The molecule has 2 aromatic carbocycles. The summed E-state index contributed by atoms with van der Waals surface area (Å²) in [4.78, 5) is 20.2. The van der Waals surface area contributed by atoms with Gasteiger partial charge in [0.15, 0.2) is 5.13 Å². The first-order valence-corrected chi connectivity index (χ1v) is 12.1. The van der Waals surface area contributed by atoms with Gasteiger partial charge in [-0.3, -0.25) is 14.4 Å². The smallest absolute Gasteiger partial charge is 0.260 e. The number of nitrogens with zero attached hydrogens (tertiary/aromatic N) is 4. The summed E-state index contributed by atoms with van der Waals surface area (Å²) in [5, 5.41) is 4.90. The molecule has 33 heavy (non-hydrogen) atoms. The molecule has 0 aliphatic rings. The molecule has 172 valence electrons.